The summed E-state index contributed by atoms with van der Waals surface area (Å²) in [4.78, 5) is 79.1. The van der Waals surface area contributed by atoms with E-state index < -0.39 is 12.1 Å². The molecule has 2 N–H and O–H groups in total. The van der Waals surface area contributed by atoms with Gasteiger partial charge in [0.05, 0.1) is 11.2 Å². The van der Waals surface area contributed by atoms with Crippen molar-refractivity contribution in [3.63, 3.8) is 0 Å². The van der Waals surface area contributed by atoms with Crippen molar-refractivity contribution >= 4 is 64.1 Å². The van der Waals surface area contributed by atoms with Crippen LogP contribution in [0.4, 0.5) is 0 Å². The molecule has 318 valence electrons. The van der Waals surface area contributed by atoms with Crippen LogP contribution in [-0.4, -0.2) is 126 Å². The molecule has 16 heteroatoms. The molecular weight excluding hydrogens is 831 g/mol. The topological polar surface area (TPSA) is 158 Å². The number of nitrogens with zero attached hydrogens (tertiary/aromatic N) is 4. The van der Waals surface area contributed by atoms with Gasteiger partial charge < -0.3 is 28.9 Å². The molecule has 2 aromatic rings. The standard InChI is InChI=1S/C19H21N3O3.C13H11BrN2O3.C12H22BNO2/c1-21-8-6-12(7-9-21)13-2-3-15-14(10-13)11-22(19(15)25)16-4-5-17(23)20-18(16)24;14-8-1-2-9-7(5-8)6-16(13(9)19)10-3-4-11(17)15-12(10)18;1-11(2)12(3,4)16-13(15-11)10-6-8-14(5)9-7-10/h2-3,6,10,16H,4-5,7-9,11H2,1H3,(H,20,23,24);1-2,5,10H,3-4,6H2,(H,15,17,18);6H,7-9H2,1-5H3. The van der Waals surface area contributed by atoms with E-state index in [0.29, 0.717) is 37.1 Å². The third-order valence-corrected chi connectivity index (χ3v) is 13.3. The van der Waals surface area contributed by atoms with Crippen LogP contribution >= 0.6 is 15.9 Å². The van der Waals surface area contributed by atoms with E-state index in [1.54, 1.807) is 15.9 Å². The molecule has 7 heterocycles. The highest BCUT2D eigenvalue weighted by Crippen LogP contribution is 2.39. The van der Waals surface area contributed by atoms with Gasteiger partial charge in [0.25, 0.3) is 11.8 Å². The molecular formula is C44H54BBrN6O8. The van der Waals surface area contributed by atoms with E-state index in [2.05, 4.69) is 96.4 Å². The van der Waals surface area contributed by atoms with E-state index in [1.165, 1.54) is 11.0 Å². The minimum atomic E-state index is -0.552. The third-order valence-electron chi connectivity index (χ3n) is 12.8. The zero-order chi connectivity index (χ0) is 43.1. The second-order valence-electron chi connectivity index (χ2n) is 17.6. The smallest absolute Gasteiger partial charge is 0.400 e. The van der Waals surface area contributed by atoms with Gasteiger partial charge in [-0.05, 0) is 126 Å². The van der Waals surface area contributed by atoms with Crippen molar-refractivity contribution in [3.8, 4) is 0 Å². The van der Waals surface area contributed by atoms with Crippen LogP contribution in [0.2, 0.25) is 0 Å². The number of imide groups is 2. The summed E-state index contributed by atoms with van der Waals surface area (Å²) in [7, 11) is 4.10. The first-order valence-corrected chi connectivity index (χ1v) is 21.5. The minimum Gasteiger partial charge on any atom is -0.400 e. The maximum atomic E-state index is 12.7. The minimum absolute atomic E-state index is 0.117. The van der Waals surface area contributed by atoms with Gasteiger partial charge in [0, 0.05) is 67.7 Å². The summed E-state index contributed by atoms with van der Waals surface area (Å²) in [6.07, 6.45) is 7.88. The van der Waals surface area contributed by atoms with Crippen molar-refractivity contribution < 1.29 is 38.1 Å². The molecule has 0 bridgehead atoms. The van der Waals surface area contributed by atoms with E-state index in [0.717, 1.165) is 60.2 Å². The molecule has 0 spiro atoms. The van der Waals surface area contributed by atoms with Crippen molar-refractivity contribution in [1.82, 2.24) is 30.2 Å². The number of amides is 6. The predicted octanol–water partition coefficient (Wildman–Crippen LogP) is 4.26. The summed E-state index contributed by atoms with van der Waals surface area (Å²) in [5, 5.41) is 4.62. The van der Waals surface area contributed by atoms with Gasteiger partial charge in [-0.2, -0.15) is 0 Å². The summed E-state index contributed by atoms with van der Waals surface area (Å²) in [5.41, 5.74) is 6.50. The zero-order valence-electron chi connectivity index (χ0n) is 35.3. The molecule has 60 heavy (non-hydrogen) atoms. The lowest BCUT2D eigenvalue weighted by atomic mass is 9.75. The third kappa shape index (κ3) is 9.22. The number of rotatable bonds is 4. The van der Waals surface area contributed by atoms with Gasteiger partial charge in [-0.15, -0.1) is 0 Å². The molecule has 3 saturated heterocycles. The van der Waals surface area contributed by atoms with E-state index >= 15 is 0 Å². The first-order valence-electron chi connectivity index (χ1n) is 20.7. The highest BCUT2D eigenvalue weighted by atomic mass is 79.9. The molecule has 0 aliphatic carbocycles. The number of benzene rings is 2. The Morgan fingerprint density at radius 1 is 0.667 bits per heavy atom. The lowest BCUT2D eigenvalue weighted by Gasteiger charge is -2.32. The number of likely N-dealkylation sites (N-methyl/N-ethyl adjacent to an activating group) is 2. The van der Waals surface area contributed by atoms with Crippen LogP contribution in [0.25, 0.3) is 5.57 Å². The van der Waals surface area contributed by atoms with Crippen LogP contribution in [0.1, 0.15) is 104 Å². The monoisotopic (exact) mass is 884 g/mol. The number of fused-ring (bicyclic) bond motifs is 2. The van der Waals surface area contributed by atoms with Crippen LogP contribution in [0.15, 0.2) is 58.5 Å². The molecule has 7 aliphatic rings. The number of carbonyl (C=O) groups excluding carboxylic acids is 6. The number of nitrogens with one attached hydrogen (secondary N) is 2. The summed E-state index contributed by atoms with van der Waals surface area (Å²) < 4.78 is 13.0. The largest absolute Gasteiger partial charge is 0.490 e. The summed E-state index contributed by atoms with van der Waals surface area (Å²) in [6, 6.07) is 10.3. The van der Waals surface area contributed by atoms with Crippen molar-refractivity contribution in [2.45, 2.75) is 103 Å². The molecule has 2 aromatic carbocycles. The molecule has 3 fully saturated rings. The Hall–Kier alpha value is -4.48. The van der Waals surface area contributed by atoms with Crippen LogP contribution in [0.5, 0.6) is 0 Å². The second kappa shape index (κ2) is 17.5. The van der Waals surface area contributed by atoms with E-state index in [9.17, 15) is 28.8 Å². The molecule has 6 amide bonds. The molecule has 0 aromatic heterocycles. The Morgan fingerprint density at radius 3 is 1.65 bits per heavy atom. The van der Waals surface area contributed by atoms with Crippen LogP contribution in [0.3, 0.4) is 0 Å². The maximum absolute atomic E-state index is 12.7. The van der Waals surface area contributed by atoms with Crippen LogP contribution < -0.4 is 10.6 Å². The molecule has 7 aliphatic heterocycles. The van der Waals surface area contributed by atoms with E-state index in [4.69, 9.17) is 9.31 Å². The van der Waals surface area contributed by atoms with Gasteiger partial charge in [-0.1, -0.05) is 34.1 Å². The average Bonchev–Trinajstić information content (AvgIpc) is 3.77. The van der Waals surface area contributed by atoms with Crippen LogP contribution in [-0.2, 0) is 41.6 Å². The highest BCUT2D eigenvalue weighted by Gasteiger charge is 2.52. The lowest BCUT2D eigenvalue weighted by molar-refractivity contribution is -0.138. The lowest BCUT2D eigenvalue weighted by Crippen LogP contribution is -2.52. The van der Waals surface area contributed by atoms with Crippen molar-refractivity contribution in [2.75, 3.05) is 40.3 Å². The van der Waals surface area contributed by atoms with E-state index in [1.807, 2.05) is 24.3 Å². The van der Waals surface area contributed by atoms with Gasteiger partial charge in [0.2, 0.25) is 23.6 Å². The fourth-order valence-electron chi connectivity index (χ4n) is 8.34. The number of piperidine rings is 2. The Bertz CT molecular complexity index is 2160. The number of hydrogen-bond donors (Lipinski definition) is 2. The molecule has 9 rings (SSSR count). The van der Waals surface area contributed by atoms with Crippen molar-refractivity contribution in [1.29, 1.82) is 0 Å². The molecule has 2 atom stereocenters. The molecule has 14 nitrogen and oxygen atoms in total. The van der Waals surface area contributed by atoms with Gasteiger partial charge in [0.15, 0.2) is 0 Å². The van der Waals surface area contributed by atoms with Gasteiger partial charge in [-0.3, -0.25) is 39.4 Å². The Kier molecular flexibility index (Phi) is 12.7. The summed E-state index contributed by atoms with van der Waals surface area (Å²) >= 11 is 3.37. The molecule has 0 saturated carbocycles. The van der Waals surface area contributed by atoms with Gasteiger partial charge in [0.1, 0.15) is 12.1 Å². The maximum Gasteiger partial charge on any atom is 0.490 e. The SMILES string of the molecule is CN1CC=C(B2OC(C)(C)C(C)(C)O2)CC1.CN1CC=C(c2ccc3c(c2)CN(C2CCC(=O)NC2=O)C3=O)CC1.O=C1CCC(N2Cc3cc(Br)ccc3C2=O)C(=O)N1. The van der Waals surface area contributed by atoms with Gasteiger partial charge >= 0.3 is 7.12 Å². The normalized spacial score (nSPS) is 25.0. The van der Waals surface area contributed by atoms with E-state index in [-0.39, 0.29) is 66.6 Å². The molecule has 0 radical (unpaired) electrons. The fourth-order valence-corrected chi connectivity index (χ4v) is 8.75. The predicted molar refractivity (Wildman–Crippen MR) is 229 cm³/mol. The number of halogens is 1. The zero-order valence-corrected chi connectivity index (χ0v) is 36.9. The summed E-state index contributed by atoms with van der Waals surface area (Å²) in [6.45, 7) is 13.3. The van der Waals surface area contributed by atoms with Gasteiger partial charge in [-0.25, -0.2) is 0 Å². The van der Waals surface area contributed by atoms with Crippen molar-refractivity contribution in [2.24, 2.45) is 0 Å². The quantitative estimate of drug-likeness (QED) is 0.336. The summed E-state index contributed by atoms with van der Waals surface area (Å²) in [5.74, 6) is -1.53. The van der Waals surface area contributed by atoms with Crippen molar-refractivity contribution in [3.05, 3.63) is 86.3 Å². The number of hydrogen-bond acceptors (Lipinski definition) is 10. The highest BCUT2D eigenvalue weighted by molar-refractivity contribution is 9.10. The fraction of sp³-hybridized carbons (Fsp3) is 0.500. The molecule has 2 unspecified atom stereocenters. The number of carbonyl (C=O) groups is 6. The second-order valence-corrected chi connectivity index (χ2v) is 18.5. The van der Waals surface area contributed by atoms with Crippen LogP contribution in [0, 0.1) is 0 Å². The first kappa shape index (κ1) is 43.6. The Balaban J connectivity index is 0.000000140. The average molecular weight is 886 g/mol. The Morgan fingerprint density at radius 2 is 1.17 bits per heavy atom. The first-order chi connectivity index (χ1) is 28.4. The Labute approximate surface area is 360 Å².